The van der Waals surface area contributed by atoms with Crippen LogP contribution in [-0.2, 0) is 4.74 Å². The number of amides is 1. The van der Waals surface area contributed by atoms with Crippen molar-refractivity contribution < 1.29 is 9.53 Å². The van der Waals surface area contributed by atoms with Crippen LogP contribution < -0.4 is 5.32 Å². The Labute approximate surface area is 110 Å². The second-order valence-corrected chi connectivity index (χ2v) is 7.13. The van der Waals surface area contributed by atoms with Gasteiger partial charge in [0.25, 0.3) is 0 Å². The standard InChI is InChI=1S/C14H26N2O2/c1-13(2,3)18-12(17)16-8-11(9-16)15-10-14(4)6-5-7-14/h11,15H,5-10H2,1-4H3. The Morgan fingerprint density at radius 2 is 2.00 bits per heavy atom. The van der Waals surface area contributed by atoms with Crippen LogP contribution in [0.15, 0.2) is 0 Å². The number of hydrogen-bond acceptors (Lipinski definition) is 3. The van der Waals surface area contributed by atoms with Gasteiger partial charge in [-0.15, -0.1) is 0 Å². The van der Waals surface area contributed by atoms with Crippen molar-refractivity contribution in [2.45, 2.75) is 58.6 Å². The Balaban J connectivity index is 1.63. The Morgan fingerprint density at radius 3 is 2.44 bits per heavy atom. The topological polar surface area (TPSA) is 41.6 Å². The summed E-state index contributed by atoms with van der Waals surface area (Å²) in [6.45, 7) is 10.7. The van der Waals surface area contributed by atoms with E-state index < -0.39 is 5.60 Å². The van der Waals surface area contributed by atoms with Gasteiger partial charge in [0.05, 0.1) is 0 Å². The SMILES string of the molecule is CC1(CNC2CN(C(=O)OC(C)(C)C)C2)CCC1. The van der Waals surface area contributed by atoms with Crippen molar-refractivity contribution in [3.05, 3.63) is 0 Å². The third kappa shape index (κ3) is 3.37. The first kappa shape index (κ1) is 13.7. The van der Waals surface area contributed by atoms with E-state index in [1.807, 2.05) is 20.8 Å². The van der Waals surface area contributed by atoms with Crippen LogP contribution in [0.2, 0.25) is 0 Å². The molecular weight excluding hydrogens is 228 g/mol. The van der Waals surface area contributed by atoms with Crippen LogP contribution in [0.25, 0.3) is 0 Å². The summed E-state index contributed by atoms with van der Waals surface area (Å²) >= 11 is 0. The first-order valence-electron chi connectivity index (χ1n) is 6.99. The number of nitrogens with one attached hydrogen (secondary N) is 1. The lowest BCUT2D eigenvalue weighted by molar-refractivity contribution is 0.00327. The summed E-state index contributed by atoms with van der Waals surface area (Å²) in [6, 6.07) is 0.454. The van der Waals surface area contributed by atoms with E-state index in [9.17, 15) is 4.79 Å². The molecule has 18 heavy (non-hydrogen) atoms. The van der Waals surface area contributed by atoms with Gasteiger partial charge >= 0.3 is 6.09 Å². The highest BCUT2D eigenvalue weighted by atomic mass is 16.6. The average Bonchev–Trinajstić information content (AvgIpc) is 2.09. The number of rotatable bonds is 3. The fraction of sp³-hybridized carbons (Fsp3) is 0.929. The monoisotopic (exact) mass is 254 g/mol. The predicted molar refractivity (Wildman–Crippen MR) is 71.6 cm³/mol. The van der Waals surface area contributed by atoms with Gasteiger partial charge in [-0.2, -0.15) is 0 Å². The molecule has 0 unspecified atom stereocenters. The zero-order chi connectivity index (χ0) is 13.4. The highest BCUT2D eigenvalue weighted by Gasteiger charge is 2.36. The average molecular weight is 254 g/mol. The van der Waals surface area contributed by atoms with E-state index in [1.165, 1.54) is 19.3 Å². The molecule has 0 aromatic carbocycles. The van der Waals surface area contributed by atoms with E-state index in [4.69, 9.17) is 4.74 Å². The molecule has 4 nitrogen and oxygen atoms in total. The van der Waals surface area contributed by atoms with Gasteiger partial charge in [0.2, 0.25) is 0 Å². The van der Waals surface area contributed by atoms with E-state index in [0.717, 1.165) is 19.6 Å². The highest BCUT2D eigenvalue weighted by Crippen LogP contribution is 2.39. The predicted octanol–water partition coefficient (Wildman–Crippen LogP) is 2.39. The number of hydrogen-bond donors (Lipinski definition) is 1. The zero-order valence-corrected chi connectivity index (χ0v) is 12.1. The van der Waals surface area contributed by atoms with Crippen molar-refractivity contribution in [2.24, 2.45) is 5.41 Å². The van der Waals surface area contributed by atoms with Crippen LogP contribution in [0, 0.1) is 5.41 Å². The number of carbonyl (C=O) groups excluding carboxylic acids is 1. The van der Waals surface area contributed by atoms with Gasteiger partial charge in [0, 0.05) is 25.7 Å². The molecule has 0 bridgehead atoms. The molecule has 1 saturated heterocycles. The Morgan fingerprint density at radius 1 is 1.39 bits per heavy atom. The minimum atomic E-state index is -0.394. The molecule has 1 heterocycles. The highest BCUT2D eigenvalue weighted by molar-refractivity contribution is 5.69. The molecule has 2 rings (SSSR count). The maximum atomic E-state index is 11.7. The van der Waals surface area contributed by atoms with Crippen LogP contribution >= 0.6 is 0 Å². The van der Waals surface area contributed by atoms with Gasteiger partial charge in [0.15, 0.2) is 0 Å². The van der Waals surface area contributed by atoms with Gasteiger partial charge < -0.3 is 15.0 Å². The summed E-state index contributed by atoms with van der Waals surface area (Å²) in [4.78, 5) is 13.5. The van der Waals surface area contributed by atoms with Gasteiger partial charge in [-0.1, -0.05) is 13.3 Å². The lowest BCUT2D eigenvalue weighted by atomic mass is 9.70. The molecule has 0 aromatic heterocycles. The second kappa shape index (κ2) is 4.72. The molecule has 1 aliphatic heterocycles. The molecule has 1 saturated carbocycles. The van der Waals surface area contributed by atoms with Crippen molar-refractivity contribution in [2.75, 3.05) is 19.6 Å². The fourth-order valence-corrected chi connectivity index (χ4v) is 2.43. The third-order valence-electron chi connectivity index (χ3n) is 3.91. The van der Waals surface area contributed by atoms with Gasteiger partial charge in [-0.25, -0.2) is 4.79 Å². The van der Waals surface area contributed by atoms with Crippen LogP contribution in [0.4, 0.5) is 4.79 Å². The second-order valence-electron chi connectivity index (χ2n) is 7.13. The van der Waals surface area contributed by atoms with E-state index >= 15 is 0 Å². The molecule has 4 heteroatoms. The molecule has 1 aliphatic carbocycles. The molecule has 0 atom stereocenters. The normalized spacial score (nSPS) is 23.2. The summed E-state index contributed by atoms with van der Waals surface area (Å²) in [5, 5.41) is 3.56. The molecule has 0 aromatic rings. The first-order chi connectivity index (χ1) is 8.27. The van der Waals surface area contributed by atoms with Gasteiger partial charge in [-0.05, 0) is 39.0 Å². The van der Waals surface area contributed by atoms with Crippen molar-refractivity contribution in [3.63, 3.8) is 0 Å². The molecule has 0 radical (unpaired) electrons. The molecule has 2 aliphatic rings. The Kier molecular flexibility index (Phi) is 3.58. The molecular formula is C14H26N2O2. The lowest BCUT2D eigenvalue weighted by Crippen LogP contribution is -2.61. The molecule has 2 fully saturated rings. The largest absolute Gasteiger partial charge is 0.444 e. The summed E-state index contributed by atoms with van der Waals surface area (Å²) in [5.41, 5.74) is 0.112. The summed E-state index contributed by atoms with van der Waals surface area (Å²) in [7, 11) is 0. The van der Waals surface area contributed by atoms with Crippen LogP contribution in [-0.4, -0.2) is 42.3 Å². The van der Waals surface area contributed by atoms with Gasteiger partial charge in [0.1, 0.15) is 5.60 Å². The Hall–Kier alpha value is -0.770. The van der Waals surface area contributed by atoms with Crippen LogP contribution in [0.3, 0.4) is 0 Å². The molecule has 0 spiro atoms. The van der Waals surface area contributed by atoms with E-state index in [2.05, 4.69) is 12.2 Å². The molecule has 104 valence electrons. The minimum absolute atomic E-state index is 0.185. The van der Waals surface area contributed by atoms with E-state index in [1.54, 1.807) is 4.90 Å². The van der Waals surface area contributed by atoms with Crippen LogP contribution in [0.5, 0.6) is 0 Å². The number of ether oxygens (including phenoxy) is 1. The van der Waals surface area contributed by atoms with Gasteiger partial charge in [-0.3, -0.25) is 0 Å². The van der Waals surface area contributed by atoms with Crippen molar-refractivity contribution in [1.29, 1.82) is 0 Å². The maximum Gasteiger partial charge on any atom is 0.410 e. The van der Waals surface area contributed by atoms with Crippen molar-refractivity contribution in [1.82, 2.24) is 10.2 Å². The lowest BCUT2D eigenvalue weighted by Gasteiger charge is -2.44. The maximum absolute atomic E-state index is 11.7. The molecule has 1 amide bonds. The van der Waals surface area contributed by atoms with E-state index in [0.29, 0.717) is 11.5 Å². The third-order valence-corrected chi connectivity index (χ3v) is 3.91. The fourth-order valence-electron chi connectivity index (χ4n) is 2.43. The van der Waals surface area contributed by atoms with Crippen LogP contribution in [0.1, 0.15) is 47.0 Å². The number of nitrogens with zero attached hydrogens (tertiary/aromatic N) is 1. The number of likely N-dealkylation sites (tertiary alicyclic amines) is 1. The quantitative estimate of drug-likeness (QED) is 0.841. The Bertz CT molecular complexity index is 312. The zero-order valence-electron chi connectivity index (χ0n) is 12.1. The van der Waals surface area contributed by atoms with Crippen molar-refractivity contribution in [3.8, 4) is 0 Å². The summed E-state index contributed by atoms with van der Waals surface area (Å²) in [6.07, 6.45) is 3.85. The minimum Gasteiger partial charge on any atom is -0.444 e. The first-order valence-corrected chi connectivity index (χ1v) is 6.99. The molecule has 1 N–H and O–H groups in total. The summed E-state index contributed by atoms with van der Waals surface area (Å²) < 4.78 is 5.33. The summed E-state index contributed by atoms with van der Waals surface area (Å²) in [5.74, 6) is 0. The van der Waals surface area contributed by atoms with E-state index in [-0.39, 0.29) is 6.09 Å². The number of carbonyl (C=O) groups is 1. The smallest absolute Gasteiger partial charge is 0.410 e. The van der Waals surface area contributed by atoms with Crippen molar-refractivity contribution >= 4 is 6.09 Å².